The van der Waals surface area contributed by atoms with Gasteiger partial charge in [0.05, 0.1) is 32.5 Å². The van der Waals surface area contributed by atoms with Gasteiger partial charge in [-0.3, -0.25) is 9.59 Å². The van der Waals surface area contributed by atoms with Gasteiger partial charge in [-0.1, -0.05) is 0 Å². The predicted molar refractivity (Wildman–Crippen MR) is 87.1 cm³/mol. The monoisotopic (exact) mass is 330 g/mol. The molecule has 126 valence electrons. The molecule has 7 heteroatoms. The molecule has 1 aromatic carbocycles. The minimum Gasteiger partial charge on any atom is -0.497 e. The van der Waals surface area contributed by atoms with Crippen molar-refractivity contribution in [1.29, 1.82) is 0 Å². The maximum absolute atomic E-state index is 12.2. The Kier molecular flexibility index (Phi) is 4.64. The summed E-state index contributed by atoms with van der Waals surface area (Å²) in [6.07, 6.45) is -0.758. The highest BCUT2D eigenvalue weighted by Gasteiger charge is 2.28. The van der Waals surface area contributed by atoms with Gasteiger partial charge in [-0.15, -0.1) is 0 Å². The summed E-state index contributed by atoms with van der Waals surface area (Å²) in [5.41, 5.74) is 0.906. The molecule has 2 aromatic rings. The molecule has 0 bridgehead atoms. The van der Waals surface area contributed by atoms with Crippen molar-refractivity contribution in [3.63, 3.8) is 0 Å². The van der Waals surface area contributed by atoms with Crippen LogP contribution in [0.15, 0.2) is 41.2 Å². The van der Waals surface area contributed by atoms with E-state index in [2.05, 4.69) is 10.3 Å². The van der Waals surface area contributed by atoms with Crippen molar-refractivity contribution in [2.75, 3.05) is 20.3 Å². The fourth-order valence-corrected chi connectivity index (χ4v) is 2.52. The maximum Gasteiger partial charge on any atom is 0.261 e. The van der Waals surface area contributed by atoms with Gasteiger partial charge in [0.1, 0.15) is 11.3 Å². The van der Waals surface area contributed by atoms with E-state index in [0.29, 0.717) is 5.69 Å². The van der Waals surface area contributed by atoms with Gasteiger partial charge in [-0.2, -0.15) is 0 Å². The molecule has 0 radical (unpaired) electrons. The Morgan fingerprint density at radius 1 is 1.25 bits per heavy atom. The van der Waals surface area contributed by atoms with Gasteiger partial charge < -0.3 is 24.9 Å². The molecule has 3 N–H and O–H groups in total. The highest BCUT2D eigenvalue weighted by atomic mass is 16.5. The number of amides is 1. The summed E-state index contributed by atoms with van der Waals surface area (Å²) in [5, 5.41) is 12.3. The zero-order valence-corrected chi connectivity index (χ0v) is 13.1. The van der Waals surface area contributed by atoms with Gasteiger partial charge in [0, 0.05) is 5.69 Å². The lowest BCUT2D eigenvalue weighted by molar-refractivity contribution is 0.0885. The lowest BCUT2D eigenvalue weighted by Gasteiger charge is -2.14. The van der Waals surface area contributed by atoms with Crippen molar-refractivity contribution < 1.29 is 19.4 Å². The number of hydrogen-bond donors (Lipinski definition) is 3. The van der Waals surface area contributed by atoms with Crippen LogP contribution in [-0.2, 0) is 4.74 Å². The van der Waals surface area contributed by atoms with Crippen LogP contribution < -0.4 is 15.6 Å². The number of carbonyl (C=O) groups is 1. The highest BCUT2D eigenvalue weighted by molar-refractivity contribution is 5.94. The van der Waals surface area contributed by atoms with Crippen LogP contribution in [0.2, 0.25) is 0 Å². The van der Waals surface area contributed by atoms with Crippen LogP contribution in [-0.4, -0.2) is 48.5 Å². The number of aliphatic hydroxyl groups excluding tert-OH is 1. The van der Waals surface area contributed by atoms with E-state index >= 15 is 0 Å². The molecule has 0 spiro atoms. The number of aromatic amines is 1. The molecule has 7 nitrogen and oxygen atoms in total. The second-order valence-corrected chi connectivity index (χ2v) is 5.53. The number of pyridine rings is 1. The third kappa shape index (κ3) is 3.32. The van der Waals surface area contributed by atoms with E-state index in [-0.39, 0.29) is 18.8 Å². The molecule has 1 aromatic heterocycles. The topological polar surface area (TPSA) is 101 Å². The molecule has 24 heavy (non-hydrogen) atoms. The first-order valence-electron chi connectivity index (χ1n) is 7.53. The second kappa shape index (κ2) is 6.86. The quantitative estimate of drug-likeness (QED) is 0.760. The summed E-state index contributed by atoms with van der Waals surface area (Å²) < 4.78 is 10.2. The Labute approximate surface area is 138 Å². The van der Waals surface area contributed by atoms with Crippen LogP contribution in [0.25, 0.3) is 11.3 Å². The summed E-state index contributed by atoms with van der Waals surface area (Å²) in [4.78, 5) is 27.1. The number of ether oxygens (including phenoxy) is 2. The number of carbonyl (C=O) groups excluding carboxylic acids is 1. The molecular formula is C17H18N2O5. The molecule has 0 aliphatic carbocycles. The molecule has 2 atom stereocenters. The zero-order chi connectivity index (χ0) is 17.1. The van der Waals surface area contributed by atoms with Crippen LogP contribution in [0, 0.1) is 0 Å². The Morgan fingerprint density at radius 2 is 2.00 bits per heavy atom. The molecule has 3 rings (SSSR count). The van der Waals surface area contributed by atoms with Crippen LogP contribution in [0.4, 0.5) is 0 Å². The number of rotatable bonds is 4. The number of benzene rings is 1. The van der Waals surface area contributed by atoms with E-state index in [4.69, 9.17) is 9.47 Å². The van der Waals surface area contributed by atoms with Crippen molar-refractivity contribution in [3.05, 3.63) is 52.3 Å². The molecule has 1 aliphatic heterocycles. The SMILES string of the molecule is COc1ccc(-c2ccc(C(=O)N[C@H]3COC[C@@H]3O)c(=O)[nH]2)cc1. The minimum absolute atomic E-state index is 0.00800. The van der Waals surface area contributed by atoms with Gasteiger partial charge in [-0.25, -0.2) is 0 Å². The van der Waals surface area contributed by atoms with Crippen molar-refractivity contribution >= 4 is 5.91 Å². The Bertz CT molecular complexity index is 784. The van der Waals surface area contributed by atoms with Crippen LogP contribution in [0.5, 0.6) is 5.75 Å². The van der Waals surface area contributed by atoms with Gasteiger partial charge >= 0.3 is 0 Å². The van der Waals surface area contributed by atoms with Crippen molar-refractivity contribution in [3.8, 4) is 17.0 Å². The summed E-state index contributed by atoms with van der Waals surface area (Å²) in [6.45, 7) is 0.409. The van der Waals surface area contributed by atoms with Gasteiger partial charge in [0.15, 0.2) is 0 Å². The fourth-order valence-electron chi connectivity index (χ4n) is 2.52. The smallest absolute Gasteiger partial charge is 0.261 e. The molecule has 0 saturated carbocycles. The predicted octanol–water partition coefficient (Wildman–Crippen LogP) is 0.540. The fraction of sp³-hybridized carbons (Fsp3) is 0.294. The summed E-state index contributed by atoms with van der Waals surface area (Å²) in [7, 11) is 1.58. The summed E-state index contributed by atoms with van der Waals surface area (Å²) >= 11 is 0. The Morgan fingerprint density at radius 3 is 2.58 bits per heavy atom. The summed E-state index contributed by atoms with van der Waals surface area (Å²) in [6, 6.07) is 9.84. The lowest BCUT2D eigenvalue weighted by Crippen LogP contribution is -2.44. The molecule has 0 unspecified atom stereocenters. The highest BCUT2D eigenvalue weighted by Crippen LogP contribution is 2.19. The molecule has 1 fully saturated rings. The first kappa shape index (κ1) is 16.2. The molecule has 1 amide bonds. The molecule has 2 heterocycles. The van der Waals surface area contributed by atoms with Gasteiger partial charge in [-0.05, 0) is 42.0 Å². The first-order valence-corrected chi connectivity index (χ1v) is 7.53. The molecular weight excluding hydrogens is 312 g/mol. The average molecular weight is 330 g/mol. The van der Waals surface area contributed by atoms with Gasteiger partial charge in [0.2, 0.25) is 0 Å². The second-order valence-electron chi connectivity index (χ2n) is 5.53. The maximum atomic E-state index is 12.2. The third-order valence-corrected chi connectivity index (χ3v) is 3.92. The van der Waals surface area contributed by atoms with Crippen molar-refractivity contribution in [2.45, 2.75) is 12.1 Å². The normalized spacial score (nSPS) is 19.9. The van der Waals surface area contributed by atoms with Crippen molar-refractivity contribution in [2.24, 2.45) is 0 Å². The molecule has 1 aliphatic rings. The number of methoxy groups -OCH3 is 1. The number of aliphatic hydroxyl groups is 1. The Balaban J connectivity index is 1.78. The van der Waals surface area contributed by atoms with E-state index in [1.54, 1.807) is 25.3 Å². The standard InChI is InChI=1S/C17H18N2O5/c1-23-11-4-2-10(3-5-11)13-7-6-12(16(21)18-13)17(22)19-14-8-24-9-15(14)20/h2-7,14-15,20H,8-9H2,1H3,(H,18,21)(H,19,22)/t14-,15-/m0/s1. The van der Waals surface area contributed by atoms with E-state index < -0.39 is 23.6 Å². The van der Waals surface area contributed by atoms with E-state index in [0.717, 1.165) is 11.3 Å². The van der Waals surface area contributed by atoms with Crippen LogP contribution >= 0.6 is 0 Å². The minimum atomic E-state index is -0.758. The van der Waals surface area contributed by atoms with E-state index in [1.165, 1.54) is 6.07 Å². The van der Waals surface area contributed by atoms with Crippen LogP contribution in [0.3, 0.4) is 0 Å². The number of H-pyrrole nitrogens is 1. The average Bonchev–Trinajstić information content (AvgIpc) is 2.99. The third-order valence-electron chi connectivity index (χ3n) is 3.92. The van der Waals surface area contributed by atoms with Gasteiger partial charge in [0.25, 0.3) is 11.5 Å². The summed E-state index contributed by atoms with van der Waals surface area (Å²) in [5.74, 6) is 0.182. The van der Waals surface area contributed by atoms with E-state index in [9.17, 15) is 14.7 Å². The zero-order valence-electron chi connectivity index (χ0n) is 13.1. The molecule has 1 saturated heterocycles. The largest absolute Gasteiger partial charge is 0.497 e. The van der Waals surface area contributed by atoms with E-state index in [1.807, 2.05) is 12.1 Å². The van der Waals surface area contributed by atoms with Crippen LogP contribution in [0.1, 0.15) is 10.4 Å². The van der Waals surface area contributed by atoms with Crippen molar-refractivity contribution in [1.82, 2.24) is 10.3 Å². The lowest BCUT2D eigenvalue weighted by atomic mass is 10.1. The number of hydrogen-bond acceptors (Lipinski definition) is 5. The first-order chi connectivity index (χ1) is 11.6. The number of nitrogens with one attached hydrogen (secondary N) is 2. The Hall–Kier alpha value is -2.64. The number of aromatic nitrogens is 1.